The third-order valence-corrected chi connectivity index (χ3v) is 6.00. The van der Waals surface area contributed by atoms with Crippen LogP contribution in [0.1, 0.15) is 31.2 Å². The zero-order valence-corrected chi connectivity index (χ0v) is 18.1. The minimum atomic E-state index is -1.26. The van der Waals surface area contributed by atoms with Crippen molar-refractivity contribution in [3.63, 3.8) is 0 Å². The molecular weight excluding hydrogens is 399 g/mol. The summed E-state index contributed by atoms with van der Waals surface area (Å²) in [6.07, 6.45) is 2.17. The summed E-state index contributed by atoms with van der Waals surface area (Å²) in [4.78, 5) is 11.4. The van der Waals surface area contributed by atoms with Crippen molar-refractivity contribution in [1.29, 1.82) is 0 Å². The van der Waals surface area contributed by atoms with Gasteiger partial charge in [-0.25, -0.2) is 9.18 Å². The maximum absolute atomic E-state index is 15.2. The van der Waals surface area contributed by atoms with Gasteiger partial charge >= 0.3 is 6.09 Å². The van der Waals surface area contributed by atoms with Crippen molar-refractivity contribution in [2.75, 3.05) is 33.9 Å². The number of halogens is 1. The van der Waals surface area contributed by atoms with Gasteiger partial charge in [-0.05, 0) is 61.6 Å². The van der Waals surface area contributed by atoms with Gasteiger partial charge in [-0.15, -0.1) is 0 Å². The molecule has 0 bridgehead atoms. The van der Waals surface area contributed by atoms with Crippen LogP contribution in [0.3, 0.4) is 0 Å². The van der Waals surface area contributed by atoms with E-state index < -0.39 is 11.7 Å². The zero-order chi connectivity index (χ0) is 22.3. The third kappa shape index (κ3) is 5.35. The van der Waals surface area contributed by atoms with Crippen LogP contribution >= 0.6 is 0 Å². The second-order valence-corrected chi connectivity index (χ2v) is 7.88. The first kappa shape index (κ1) is 23.0. The molecule has 0 saturated carbocycles. The van der Waals surface area contributed by atoms with E-state index in [4.69, 9.17) is 4.74 Å². The molecule has 1 aliphatic heterocycles. The second-order valence-electron chi connectivity index (χ2n) is 7.88. The maximum Gasteiger partial charge on any atom is 0.406 e. The van der Waals surface area contributed by atoms with E-state index in [9.17, 15) is 9.90 Å². The highest BCUT2D eigenvalue weighted by Crippen LogP contribution is 2.43. The number of nitrogens with one attached hydrogen (secondary N) is 2. The van der Waals surface area contributed by atoms with Crippen LogP contribution in [0.15, 0.2) is 42.5 Å². The summed E-state index contributed by atoms with van der Waals surface area (Å²) in [5, 5.41) is 18.1. The van der Waals surface area contributed by atoms with Crippen molar-refractivity contribution in [1.82, 2.24) is 10.6 Å². The van der Waals surface area contributed by atoms with Gasteiger partial charge in [0.15, 0.2) is 0 Å². The van der Waals surface area contributed by atoms with E-state index in [2.05, 4.69) is 15.4 Å². The molecule has 1 amide bonds. The molecule has 3 N–H and O–H groups in total. The van der Waals surface area contributed by atoms with Gasteiger partial charge in [-0.3, -0.25) is 0 Å². The van der Waals surface area contributed by atoms with Gasteiger partial charge in [0.25, 0.3) is 0 Å². The van der Waals surface area contributed by atoms with Crippen LogP contribution in [0.5, 0.6) is 5.75 Å². The number of ether oxygens (including phenoxy) is 2. The van der Waals surface area contributed by atoms with Crippen molar-refractivity contribution in [2.45, 2.75) is 31.3 Å². The predicted molar refractivity (Wildman–Crippen MR) is 118 cm³/mol. The Morgan fingerprint density at radius 3 is 2.81 bits per heavy atom. The number of alkyl carbamates (subject to hydrolysis) is 1. The molecule has 168 valence electrons. The number of aliphatic hydroxyl groups is 1. The molecule has 0 radical (unpaired) electrons. The lowest BCUT2D eigenvalue weighted by atomic mass is 9.72. The number of rotatable bonds is 8. The Morgan fingerprint density at radius 2 is 2.10 bits per heavy atom. The average Bonchev–Trinajstić information content (AvgIpc) is 2.81. The highest BCUT2D eigenvalue weighted by atomic mass is 19.1. The summed E-state index contributed by atoms with van der Waals surface area (Å²) in [6, 6.07) is 12.1. The molecule has 1 heterocycles. The van der Waals surface area contributed by atoms with E-state index in [0.29, 0.717) is 48.4 Å². The Bertz CT molecular complexity index is 886. The number of carbonyl (C=O) groups excluding carboxylic acids is 1. The Balaban J connectivity index is 2.00. The van der Waals surface area contributed by atoms with Crippen molar-refractivity contribution < 1.29 is 23.8 Å². The lowest BCUT2D eigenvalue weighted by Crippen LogP contribution is -2.45. The molecule has 0 aliphatic carbocycles. The number of benzene rings is 2. The molecule has 3 rings (SSSR count). The summed E-state index contributed by atoms with van der Waals surface area (Å²) in [7, 11) is 2.88. The average molecular weight is 431 g/mol. The lowest BCUT2D eigenvalue weighted by Gasteiger charge is -2.40. The molecule has 2 aromatic rings. The van der Waals surface area contributed by atoms with Crippen LogP contribution in [-0.4, -0.2) is 45.1 Å². The highest BCUT2D eigenvalue weighted by molar-refractivity contribution is 5.71. The first-order valence-corrected chi connectivity index (χ1v) is 10.7. The first-order valence-electron chi connectivity index (χ1n) is 10.7. The number of methoxy groups -OCH3 is 2. The Morgan fingerprint density at radius 1 is 1.29 bits per heavy atom. The van der Waals surface area contributed by atoms with Gasteiger partial charge in [0.2, 0.25) is 0 Å². The fourth-order valence-corrected chi connectivity index (χ4v) is 4.40. The molecule has 2 aromatic carbocycles. The summed E-state index contributed by atoms with van der Waals surface area (Å²) >= 11 is 0. The minimum absolute atomic E-state index is 0.0782. The van der Waals surface area contributed by atoms with E-state index in [-0.39, 0.29) is 11.7 Å². The summed E-state index contributed by atoms with van der Waals surface area (Å²) in [5.41, 5.74) is 0.344. The molecule has 1 saturated heterocycles. The molecule has 31 heavy (non-hydrogen) atoms. The fourth-order valence-electron chi connectivity index (χ4n) is 4.40. The van der Waals surface area contributed by atoms with Crippen LogP contribution in [-0.2, 0) is 10.3 Å². The number of amides is 1. The van der Waals surface area contributed by atoms with Gasteiger partial charge in [-0.2, -0.15) is 0 Å². The molecule has 1 aliphatic rings. The Kier molecular flexibility index (Phi) is 7.87. The van der Waals surface area contributed by atoms with Crippen molar-refractivity contribution in [3.8, 4) is 16.9 Å². The summed E-state index contributed by atoms with van der Waals surface area (Å²) in [6.45, 7) is 1.91. The highest BCUT2D eigenvalue weighted by Gasteiger charge is 2.40. The van der Waals surface area contributed by atoms with Crippen LogP contribution in [0.25, 0.3) is 11.1 Å². The van der Waals surface area contributed by atoms with Crippen LogP contribution in [0.4, 0.5) is 9.18 Å². The molecular formula is C24H31FN2O4. The zero-order valence-electron chi connectivity index (χ0n) is 18.1. The number of hydrogen-bond donors (Lipinski definition) is 3. The Hall–Kier alpha value is -2.64. The van der Waals surface area contributed by atoms with Gasteiger partial charge in [-0.1, -0.05) is 24.3 Å². The van der Waals surface area contributed by atoms with Crippen LogP contribution in [0.2, 0.25) is 0 Å². The summed E-state index contributed by atoms with van der Waals surface area (Å²) in [5.74, 6) is 0.156. The van der Waals surface area contributed by atoms with Crippen molar-refractivity contribution in [2.24, 2.45) is 5.92 Å². The quantitative estimate of drug-likeness (QED) is 0.555. The fraction of sp³-hybridized carbons (Fsp3) is 0.458. The number of piperidine rings is 1. The van der Waals surface area contributed by atoms with Crippen LogP contribution < -0.4 is 15.4 Å². The van der Waals surface area contributed by atoms with E-state index in [0.717, 1.165) is 19.4 Å². The molecule has 0 aromatic heterocycles. The molecule has 0 spiro atoms. The molecule has 6 nitrogen and oxygen atoms in total. The summed E-state index contributed by atoms with van der Waals surface area (Å²) < 4.78 is 25.1. The third-order valence-electron chi connectivity index (χ3n) is 6.00. The van der Waals surface area contributed by atoms with Gasteiger partial charge in [0, 0.05) is 24.6 Å². The van der Waals surface area contributed by atoms with Gasteiger partial charge < -0.3 is 25.2 Å². The monoisotopic (exact) mass is 430 g/mol. The largest absolute Gasteiger partial charge is 0.497 e. The van der Waals surface area contributed by atoms with E-state index in [1.165, 1.54) is 13.2 Å². The van der Waals surface area contributed by atoms with Crippen LogP contribution in [0, 0.1) is 11.7 Å². The Labute approximate surface area is 182 Å². The predicted octanol–water partition coefficient (Wildman–Crippen LogP) is 3.82. The molecule has 2 unspecified atom stereocenters. The topological polar surface area (TPSA) is 79.8 Å². The molecule has 7 heteroatoms. The first-order chi connectivity index (χ1) is 15.0. The van der Waals surface area contributed by atoms with E-state index in [1.54, 1.807) is 31.4 Å². The van der Waals surface area contributed by atoms with Gasteiger partial charge in [0.05, 0.1) is 19.8 Å². The van der Waals surface area contributed by atoms with Gasteiger partial charge in [0.1, 0.15) is 11.6 Å². The number of hydrogen-bond acceptors (Lipinski definition) is 5. The SMILES string of the molecule is COC(=O)NCCCC(O)(c1cccc(F)c1-c1cccc(OC)c1)C1CCCNC1. The second kappa shape index (κ2) is 10.6. The normalized spacial score (nSPS) is 18.1. The van der Waals surface area contributed by atoms with E-state index >= 15 is 4.39 Å². The van der Waals surface area contributed by atoms with E-state index in [1.807, 2.05) is 12.1 Å². The molecule has 1 fully saturated rings. The number of carbonyl (C=O) groups is 1. The minimum Gasteiger partial charge on any atom is -0.497 e. The molecule has 2 atom stereocenters. The smallest absolute Gasteiger partial charge is 0.406 e. The van der Waals surface area contributed by atoms with Crippen molar-refractivity contribution >= 4 is 6.09 Å². The standard InChI is InChI=1S/C24H31FN2O4/c1-30-19-9-3-7-17(15-19)22-20(10-4-11-21(22)25)24(29,18-8-5-13-26-16-18)12-6-14-27-23(28)31-2/h3-4,7,9-11,15,18,26,29H,5-6,8,12-14,16H2,1-2H3,(H,27,28). The van der Waals surface area contributed by atoms with Crippen molar-refractivity contribution in [3.05, 3.63) is 53.8 Å². The maximum atomic E-state index is 15.2. The lowest BCUT2D eigenvalue weighted by molar-refractivity contribution is -0.0417.